The Morgan fingerprint density at radius 2 is 2.14 bits per heavy atom. The fraction of sp³-hybridized carbons (Fsp3) is 0.524. The van der Waals surface area contributed by atoms with E-state index in [-0.39, 0.29) is 23.4 Å². The molecule has 2 aliphatic heterocycles. The lowest BCUT2D eigenvalue weighted by atomic mass is 9.88. The summed E-state index contributed by atoms with van der Waals surface area (Å²) in [6, 6.07) is 6.99. The predicted octanol–water partition coefficient (Wildman–Crippen LogP) is 3.53. The average Bonchev–Trinajstić information content (AvgIpc) is 3.30. The van der Waals surface area contributed by atoms with Crippen LogP contribution in [0.25, 0.3) is 0 Å². The molecule has 0 aliphatic carbocycles. The van der Waals surface area contributed by atoms with Crippen molar-refractivity contribution in [1.82, 2.24) is 15.2 Å². The molecule has 1 atom stereocenters. The van der Waals surface area contributed by atoms with Gasteiger partial charge in [-0.2, -0.15) is 0 Å². The summed E-state index contributed by atoms with van der Waals surface area (Å²) in [4.78, 5) is 18.7. The molecule has 2 aromatic rings. The first-order chi connectivity index (χ1) is 13.5. The molecule has 0 saturated carbocycles. The Morgan fingerprint density at radius 3 is 2.86 bits per heavy atom. The van der Waals surface area contributed by atoms with E-state index in [2.05, 4.69) is 15.2 Å². The van der Waals surface area contributed by atoms with Crippen molar-refractivity contribution in [1.29, 1.82) is 0 Å². The molecule has 0 bridgehead atoms. The summed E-state index contributed by atoms with van der Waals surface area (Å²) in [7, 11) is 0. The highest BCUT2D eigenvalue weighted by Gasteiger charge is 2.42. The van der Waals surface area contributed by atoms with Crippen LogP contribution >= 0.6 is 11.3 Å². The van der Waals surface area contributed by atoms with Gasteiger partial charge in [0.15, 0.2) is 0 Å². The van der Waals surface area contributed by atoms with Crippen molar-refractivity contribution >= 4 is 17.2 Å². The number of halogens is 1. The maximum Gasteiger partial charge on any atom is 0.270 e. The summed E-state index contributed by atoms with van der Waals surface area (Å²) in [5.74, 6) is -0.264. The highest BCUT2D eigenvalue weighted by molar-refractivity contribution is 7.09. The first-order valence-corrected chi connectivity index (χ1v) is 10.7. The average molecular weight is 404 g/mol. The van der Waals surface area contributed by atoms with E-state index in [0.717, 1.165) is 49.3 Å². The second-order valence-corrected chi connectivity index (χ2v) is 8.85. The van der Waals surface area contributed by atoms with Crippen LogP contribution in [0.3, 0.4) is 0 Å². The van der Waals surface area contributed by atoms with E-state index in [4.69, 9.17) is 4.74 Å². The topological polar surface area (TPSA) is 54.5 Å². The van der Waals surface area contributed by atoms with E-state index in [0.29, 0.717) is 18.8 Å². The number of thiazole rings is 1. The molecule has 2 saturated heterocycles. The number of aryl methyl sites for hydroxylation is 1. The van der Waals surface area contributed by atoms with Crippen LogP contribution in [0.4, 0.5) is 4.39 Å². The van der Waals surface area contributed by atoms with Crippen LogP contribution in [-0.2, 0) is 11.3 Å². The molecule has 1 spiro atoms. The number of carbonyl (C=O) groups excluding carboxylic acids is 1. The van der Waals surface area contributed by atoms with Gasteiger partial charge in [0.05, 0.1) is 16.7 Å². The number of aromatic nitrogens is 1. The van der Waals surface area contributed by atoms with Crippen molar-refractivity contribution in [2.75, 3.05) is 19.6 Å². The molecule has 5 nitrogen and oxygen atoms in total. The summed E-state index contributed by atoms with van der Waals surface area (Å²) in [5, 5.41) is 5.63. The summed E-state index contributed by atoms with van der Waals surface area (Å²) < 4.78 is 20.2. The third kappa shape index (κ3) is 4.42. The van der Waals surface area contributed by atoms with E-state index in [1.54, 1.807) is 11.4 Å². The van der Waals surface area contributed by atoms with Gasteiger partial charge in [-0.05, 0) is 38.7 Å². The summed E-state index contributed by atoms with van der Waals surface area (Å²) in [6.07, 6.45) is 3.95. The first-order valence-electron chi connectivity index (χ1n) is 9.87. The van der Waals surface area contributed by atoms with E-state index in [9.17, 15) is 9.18 Å². The van der Waals surface area contributed by atoms with Crippen molar-refractivity contribution in [3.63, 3.8) is 0 Å². The number of rotatable bonds is 5. The summed E-state index contributed by atoms with van der Waals surface area (Å²) in [6.45, 7) is 4.88. The van der Waals surface area contributed by atoms with Gasteiger partial charge in [-0.15, -0.1) is 11.3 Å². The SMILES string of the molecule is Cc1nc(C(=O)NC[C@@H]2CCC3(CCN(Cc4ccccc4F)CC3)O2)cs1. The number of amides is 1. The minimum atomic E-state index is -0.133. The lowest BCUT2D eigenvalue weighted by Crippen LogP contribution is -2.45. The lowest BCUT2D eigenvalue weighted by molar-refractivity contribution is -0.0765. The Morgan fingerprint density at radius 1 is 1.36 bits per heavy atom. The number of carbonyl (C=O) groups is 1. The van der Waals surface area contributed by atoms with Gasteiger partial charge in [-0.25, -0.2) is 9.37 Å². The van der Waals surface area contributed by atoms with Crippen molar-refractivity contribution in [2.24, 2.45) is 0 Å². The van der Waals surface area contributed by atoms with Crippen molar-refractivity contribution in [3.05, 3.63) is 51.7 Å². The number of nitrogens with one attached hydrogen (secondary N) is 1. The third-order valence-electron chi connectivity index (χ3n) is 5.80. The van der Waals surface area contributed by atoms with Gasteiger partial charge in [0, 0.05) is 37.1 Å². The van der Waals surface area contributed by atoms with Gasteiger partial charge in [0.2, 0.25) is 0 Å². The fourth-order valence-corrected chi connectivity index (χ4v) is 4.75. The van der Waals surface area contributed by atoms with Gasteiger partial charge in [0.1, 0.15) is 11.5 Å². The molecule has 1 aromatic heterocycles. The highest BCUT2D eigenvalue weighted by Crippen LogP contribution is 2.39. The molecule has 0 unspecified atom stereocenters. The molecule has 28 heavy (non-hydrogen) atoms. The molecule has 1 aromatic carbocycles. The van der Waals surface area contributed by atoms with Gasteiger partial charge in [-0.3, -0.25) is 9.69 Å². The summed E-state index contributed by atoms with van der Waals surface area (Å²) in [5.41, 5.74) is 1.15. The molecular formula is C21H26FN3O2S. The van der Waals surface area contributed by atoms with E-state index in [1.807, 2.05) is 19.1 Å². The van der Waals surface area contributed by atoms with Crippen LogP contribution < -0.4 is 5.32 Å². The lowest BCUT2D eigenvalue weighted by Gasteiger charge is -2.39. The molecule has 1 N–H and O–H groups in total. The van der Waals surface area contributed by atoms with Crippen LogP contribution in [0.1, 0.15) is 46.7 Å². The number of hydrogen-bond donors (Lipinski definition) is 1. The number of ether oxygens (including phenoxy) is 1. The second kappa shape index (κ2) is 8.27. The van der Waals surface area contributed by atoms with E-state index < -0.39 is 0 Å². The fourth-order valence-electron chi connectivity index (χ4n) is 4.16. The van der Waals surface area contributed by atoms with Crippen molar-refractivity contribution < 1.29 is 13.9 Å². The molecule has 2 fully saturated rings. The van der Waals surface area contributed by atoms with Gasteiger partial charge in [-0.1, -0.05) is 18.2 Å². The Labute approximate surface area is 168 Å². The Hall–Kier alpha value is -1.83. The molecule has 7 heteroatoms. The van der Waals surface area contributed by atoms with Crippen LogP contribution in [0.15, 0.2) is 29.6 Å². The molecule has 4 rings (SSSR count). The zero-order chi connectivity index (χ0) is 19.6. The van der Waals surface area contributed by atoms with Crippen LogP contribution in [0.2, 0.25) is 0 Å². The van der Waals surface area contributed by atoms with E-state index >= 15 is 0 Å². The largest absolute Gasteiger partial charge is 0.370 e. The quantitative estimate of drug-likeness (QED) is 0.830. The van der Waals surface area contributed by atoms with Crippen molar-refractivity contribution in [2.45, 2.75) is 50.9 Å². The minimum absolute atomic E-state index is 0.0572. The van der Waals surface area contributed by atoms with E-state index in [1.165, 1.54) is 17.4 Å². The predicted molar refractivity (Wildman–Crippen MR) is 107 cm³/mol. The van der Waals surface area contributed by atoms with Crippen molar-refractivity contribution in [3.8, 4) is 0 Å². The normalized spacial score (nSPS) is 21.9. The van der Waals surface area contributed by atoms with Crippen LogP contribution in [0.5, 0.6) is 0 Å². The molecule has 3 heterocycles. The Bertz CT molecular complexity index is 833. The zero-order valence-corrected chi connectivity index (χ0v) is 16.9. The second-order valence-electron chi connectivity index (χ2n) is 7.79. The molecular weight excluding hydrogens is 377 g/mol. The maximum atomic E-state index is 13.9. The molecule has 2 aliphatic rings. The number of nitrogens with zero attached hydrogens (tertiary/aromatic N) is 2. The maximum absolute atomic E-state index is 13.9. The standard InChI is InChI=1S/C21H26FN3O2S/c1-15-24-19(14-28-15)20(26)23-12-17-6-7-21(27-17)8-10-25(11-9-21)13-16-4-2-3-5-18(16)22/h2-5,14,17H,6-13H2,1H3,(H,23,26)/t17-/m0/s1. The number of benzene rings is 1. The van der Waals surface area contributed by atoms with Crippen LogP contribution in [0, 0.1) is 12.7 Å². The number of piperidine rings is 1. The summed E-state index contributed by atoms with van der Waals surface area (Å²) >= 11 is 1.48. The third-order valence-corrected chi connectivity index (χ3v) is 6.57. The first kappa shape index (κ1) is 19.5. The van der Waals surface area contributed by atoms with Gasteiger partial charge < -0.3 is 10.1 Å². The molecule has 150 valence electrons. The highest BCUT2D eigenvalue weighted by atomic mass is 32.1. The molecule has 1 amide bonds. The van der Waals surface area contributed by atoms with Crippen LogP contribution in [-0.4, -0.2) is 47.1 Å². The smallest absolute Gasteiger partial charge is 0.270 e. The van der Waals surface area contributed by atoms with Gasteiger partial charge in [0.25, 0.3) is 5.91 Å². The monoisotopic (exact) mass is 403 g/mol. The Kier molecular flexibility index (Phi) is 5.75. The van der Waals surface area contributed by atoms with Gasteiger partial charge >= 0.3 is 0 Å². The number of hydrogen-bond acceptors (Lipinski definition) is 5. The zero-order valence-electron chi connectivity index (χ0n) is 16.1. The number of likely N-dealkylation sites (tertiary alicyclic amines) is 1. The minimum Gasteiger partial charge on any atom is -0.370 e. The molecule has 0 radical (unpaired) electrons. The Balaban J connectivity index is 1.24.